The van der Waals surface area contributed by atoms with Crippen LogP contribution >= 0.6 is 15.9 Å². The van der Waals surface area contributed by atoms with Gasteiger partial charge in [-0.2, -0.15) is 5.26 Å². The SMILES string of the molecule is CC(Nc1c(F)cccc1Br)c1ccc(C#N)cc1. The average Bonchev–Trinajstić information content (AvgIpc) is 2.43. The Morgan fingerprint density at radius 1 is 1.21 bits per heavy atom. The first-order valence-corrected chi connectivity index (χ1v) is 6.61. The minimum absolute atomic E-state index is 0.0547. The molecule has 96 valence electrons. The summed E-state index contributed by atoms with van der Waals surface area (Å²) in [6.45, 7) is 1.94. The highest BCUT2D eigenvalue weighted by atomic mass is 79.9. The van der Waals surface area contributed by atoms with Gasteiger partial charge in [0.1, 0.15) is 5.82 Å². The zero-order valence-electron chi connectivity index (χ0n) is 10.3. The lowest BCUT2D eigenvalue weighted by atomic mass is 10.1. The highest BCUT2D eigenvalue weighted by Crippen LogP contribution is 2.29. The number of hydrogen-bond acceptors (Lipinski definition) is 2. The number of halogens is 2. The summed E-state index contributed by atoms with van der Waals surface area (Å²) in [5, 5.41) is 11.9. The highest BCUT2D eigenvalue weighted by Gasteiger charge is 2.11. The third-order valence-corrected chi connectivity index (χ3v) is 3.52. The topological polar surface area (TPSA) is 35.8 Å². The summed E-state index contributed by atoms with van der Waals surface area (Å²) in [6, 6.07) is 14.1. The van der Waals surface area contributed by atoms with Crippen molar-refractivity contribution in [2.24, 2.45) is 0 Å². The largest absolute Gasteiger partial charge is 0.375 e. The Morgan fingerprint density at radius 2 is 1.89 bits per heavy atom. The van der Waals surface area contributed by atoms with Gasteiger partial charge in [0, 0.05) is 10.5 Å². The predicted molar refractivity (Wildman–Crippen MR) is 77.3 cm³/mol. The van der Waals surface area contributed by atoms with Crippen LogP contribution in [0, 0.1) is 17.1 Å². The zero-order chi connectivity index (χ0) is 13.8. The summed E-state index contributed by atoms with van der Waals surface area (Å²) in [7, 11) is 0. The fraction of sp³-hybridized carbons (Fsp3) is 0.133. The van der Waals surface area contributed by atoms with Crippen LogP contribution < -0.4 is 5.32 Å². The monoisotopic (exact) mass is 318 g/mol. The smallest absolute Gasteiger partial charge is 0.147 e. The van der Waals surface area contributed by atoms with Gasteiger partial charge in [-0.15, -0.1) is 0 Å². The van der Waals surface area contributed by atoms with Crippen molar-refractivity contribution in [2.45, 2.75) is 13.0 Å². The van der Waals surface area contributed by atoms with E-state index in [1.165, 1.54) is 6.07 Å². The van der Waals surface area contributed by atoms with Crippen molar-refractivity contribution in [3.05, 3.63) is 63.9 Å². The molecule has 1 atom stereocenters. The van der Waals surface area contributed by atoms with E-state index >= 15 is 0 Å². The molecular weight excluding hydrogens is 307 g/mol. The molecule has 0 spiro atoms. The molecule has 2 aromatic carbocycles. The Morgan fingerprint density at radius 3 is 2.47 bits per heavy atom. The fourth-order valence-corrected chi connectivity index (χ4v) is 2.24. The number of benzene rings is 2. The molecule has 4 heteroatoms. The van der Waals surface area contributed by atoms with Crippen molar-refractivity contribution in [3.63, 3.8) is 0 Å². The van der Waals surface area contributed by atoms with Crippen molar-refractivity contribution in [1.29, 1.82) is 5.26 Å². The van der Waals surface area contributed by atoms with Crippen molar-refractivity contribution < 1.29 is 4.39 Å². The summed E-state index contributed by atoms with van der Waals surface area (Å²) in [4.78, 5) is 0. The molecule has 0 fully saturated rings. The van der Waals surface area contributed by atoms with E-state index in [9.17, 15) is 4.39 Å². The van der Waals surface area contributed by atoms with Gasteiger partial charge in [0.2, 0.25) is 0 Å². The molecule has 0 aliphatic rings. The molecule has 0 aliphatic carbocycles. The van der Waals surface area contributed by atoms with Gasteiger partial charge < -0.3 is 5.32 Å². The van der Waals surface area contributed by atoms with E-state index in [0.717, 1.165) is 5.56 Å². The van der Waals surface area contributed by atoms with Crippen LogP contribution in [0.15, 0.2) is 46.9 Å². The zero-order valence-corrected chi connectivity index (χ0v) is 11.9. The molecular formula is C15H12BrFN2. The number of rotatable bonds is 3. The summed E-state index contributed by atoms with van der Waals surface area (Å²) in [6.07, 6.45) is 0. The van der Waals surface area contributed by atoms with Crippen LogP contribution in [0.5, 0.6) is 0 Å². The fourth-order valence-electron chi connectivity index (χ4n) is 1.78. The summed E-state index contributed by atoms with van der Waals surface area (Å²) >= 11 is 3.33. The Labute approximate surface area is 120 Å². The second kappa shape index (κ2) is 5.85. The van der Waals surface area contributed by atoms with Gasteiger partial charge in [-0.25, -0.2) is 4.39 Å². The third kappa shape index (κ3) is 3.12. The normalized spacial score (nSPS) is 11.7. The van der Waals surface area contributed by atoms with Gasteiger partial charge in [-0.1, -0.05) is 18.2 Å². The quantitative estimate of drug-likeness (QED) is 0.895. The Hall–Kier alpha value is -1.86. The molecule has 0 heterocycles. The van der Waals surface area contributed by atoms with E-state index < -0.39 is 0 Å². The molecule has 19 heavy (non-hydrogen) atoms. The van der Waals surface area contributed by atoms with Crippen LogP contribution in [0.1, 0.15) is 24.1 Å². The van der Waals surface area contributed by atoms with Gasteiger partial charge >= 0.3 is 0 Å². The van der Waals surface area contributed by atoms with Crippen LogP contribution in [0.3, 0.4) is 0 Å². The highest BCUT2D eigenvalue weighted by molar-refractivity contribution is 9.10. The first kappa shape index (κ1) is 13.6. The lowest BCUT2D eigenvalue weighted by Gasteiger charge is -2.17. The van der Waals surface area contributed by atoms with Crippen LogP contribution in [-0.2, 0) is 0 Å². The number of anilines is 1. The molecule has 0 aromatic heterocycles. The van der Waals surface area contributed by atoms with E-state index in [2.05, 4.69) is 27.3 Å². The molecule has 0 saturated carbocycles. The Kier molecular flexibility index (Phi) is 4.18. The maximum atomic E-state index is 13.7. The molecule has 2 rings (SSSR count). The van der Waals surface area contributed by atoms with E-state index in [1.54, 1.807) is 24.3 Å². The first-order chi connectivity index (χ1) is 9.11. The third-order valence-electron chi connectivity index (χ3n) is 2.86. The van der Waals surface area contributed by atoms with E-state index in [4.69, 9.17) is 5.26 Å². The molecule has 2 aromatic rings. The number of nitrogens with one attached hydrogen (secondary N) is 1. The first-order valence-electron chi connectivity index (χ1n) is 5.82. The number of nitriles is 1. The van der Waals surface area contributed by atoms with Crippen LogP contribution in [0.4, 0.5) is 10.1 Å². The Bertz CT molecular complexity index is 597. The van der Waals surface area contributed by atoms with Gasteiger partial charge in [0.05, 0.1) is 17.3 Å². The van der Waals surface area contributed by atoms with Gasteiger partial charge in [0.25, 0.3) is 0 Å². The Balaban J connectivity index is 2.21. The van der Waals surface area contributed by atoms with Crippen LogP contribution in [-0.4, -0.2) is 0 Å². The van der Waals surface area contributed by atoms with Gasteiger partial charge in [-0.05, 0) is 52.7 Å². The second-order valence-electron chi connectivity index (χ2n) is 4.20. The van der Waals surface area contributed by atoms with Crippen molar-refractivity contribution >= 4 is 21.6 Å². The van der Waals surface area contributed by atoms with Crippen molar-refractivity contribution in [3.8, 4) is 6.07 Å². The summed E-state index contributed by atoms with van der Waals surface area (Å²) in [5.41, 5.74) is 2.05. The van der Waals surface area contributed by atoms with Gasteiger partial charge in [-0.3, -0.25) is 0 Å². The van der Waals surface area contributed by atoms with E-state index in [-0.39, 0.29) is 11.9 Å². The van der Waals surface area contributed by atoms with Crippen molar-refractivity contribution in [1.82, 2.24) is 0 Å². The standard InChI is InChI=1S/C15H12BrFN2/c1-10(12-7-5-11(9-18)6-8-12)19-15-13(16)3-2-4-14(15)17/h2-8,10,19H,1H3. The molecule has 1 N–H and O–H groups in total. The minimum Gasteiger partial charge on any atom is -0.375 e. The lowest BCUT2D eigenvalue weighted by Crippen LogP contribution is -2.08. The summed E-state index contributed by atoms with van der Waals surface area (Å²) < 4.78 is 14.4. The van der Waals surface area contributed by atoms with E-state index in [1.807, 2.05) is 19.1 Å². The predicted octanol–water partition coefficient (Wildman–Crippen LogP) is 4.63. The average molecular weight is 319 g/mol. The maximum Gasteiger partial charge on any atom is 0.147 e. The number of para-hydroxylation sites is 1. The minimum atomic E-state index is -0.296. The molecule has 0 bridgehead atoms. The molecule has 1 unspecified atom stereocenters. The van der Waals surface area contributed by atoms with Crippen LogP contribution in [0.2, 0.25) is 0 Å². The second-order valence-corrected chi connectivity index (χ2v) is 5.05. The lowest BCUT2D eigenvalue weighted by molar-refractivity contribution is 0.626. The maximum absolute atomic E-state index is 13.7. The number of hydrogen-bond donors (Lipinski definition) is 1. The number of nitrogens with zero attached hydrogens (tertiary/aromatic N) is 1. The molecule has 2 nitrogen and oxygen atoms in total. The van der Waals surface area contributed by atoms with Crippen LogP contribution in [0.25, 0.3) is 0 Å². The molecule has 0 saturated heterocycles. The van der Waals surface area contributed by atoms with E-state index in [0.29, 0.717) is 15.7 Å². The summed E-state index contributed by atoms with van der Waals surface area (Å²) in [5.74, 6) is -0.296. The molecule has 0 aliphatic heterocycles. The van der Waals surface area contributed by atoms with Gasteiger partial charge in [0.15, 0.2) is 0 Å². The van der Waals surface area contributed by atoms with Crippen molar-refractivity contribution in [2.75, 3.05) is 5.32 Å². The molecule has 0 amide bonds. The molecule has 0 radical (unpaired) electrons.